The molecule has 0 saturated carbocycles. The number of halogens is 2. The van der Waals surface area contributed by atoms with Crippen LogP contribution in [0.25, 0.3) is 0 Å². The van der Waals surface area contributed by atoms with Crippen LogP contribution in [0.1, 0.15) is 22.3 Å². The van der Waals surface area contributed by atoms with Crippen molar-refractivity contribution in [3.63, 3.8) is 0 Å². The second-order valence-electron chi connectivity index (χ2n) is 6.05. The Morgan fingerprint density at radius 3 is 2.56 bits per heavy atom. The summed E-state index contributed by atoms with van der Waals surface area (Å²) in [5.74, 6) is -0.644. The van der Waals surface area contributed by atoms with Crippen LogP contribution in [0, 0.1) is 0 Å². The number of ether oxygens (including phenoxy) is 2. The number of nitrogens with zero attached hydrogens (tertiary/aromatic N) is 1. The molecule has 0 aliphatic heterocycles. The van der Waals surface area contributed by atoms with Crippen LogP contribution in [-0.2, 0) is 6.54 Å². The maximum atomic E-state index is 12.6. The lowest BCUT2D eigenvalue weighted by Gasteiger charge is -2.17. The molecule has 0 saturated heterocycles. The number of alkyl halides is 2. The summed E-state index contributed by atoms with van der Waals surface area (Å²) in [6.45, 7) is -1.02. The Morgan fingerprint density at radius 2 is 1.89 bits per heavy atom. The van der Waals surface area contributed by atoms with Crippen molar-refractivity contribution in [2.45, 2.75) is 19.6 Å². The molecule has 0 aliphatic rings. The van der Waals surface area contributed by atoms with Gasteiger partial charge in [-0.05, 0) is 37.7 Å². The molecule has 146 valence electrons. The molecule has 27 heavy (non-hydrogen) atoms. The van der Waals surface area contributed by atoms with Gasteiger partial charge in [0.2, 0.25) is 0 Å². The fourth-order valence-electron chi connectivity index (χ4n) is 2.69. The molecule has 0 fully saturated rings. The van der Waals surface area contributed by atoms with Gasteiger partial charge in [-0.2, -0.15) is 8.78 Å². The molecule has 0 spiro atoms. The van der Waals surface area contributed by atoms with Crippen LogP contribution in [0.5, 0.6) is 11.5 Å². The van der Waals surface area contributed by atoms with Crippen molar-refractivity contribution in [3.05, 3.63) is 59.7 Å². The van der Waals surface area contributed by atoms with Gasteiger partial charge in [0, 0.05) is 13.1 Å². The Labute approximate surface area is 157 Å². The van der Waals surface area contributed by atoms with E-state index in [9.17, 15) is 13.6 Å². The highest BCUT2D eigenvalue weighted by molar-refractivity contribution is 5.97. The van der Waals surface area contributed by atoms with Gasteiger partial charge in [0.15, 0.2) is 11.5 Å². The number of carbonyl (C=O) groups is 1. The van der Waals surface area contributed by atoms with Crippen LogP contribution in [0.4, 0.5) is 8.78 Å². The number of nitrogens with one attached hydrogen (secondary N) is 1. The van der Waals surface area contributed by atoms with Crippen molar-refractivity contribution < 1.29 is 23.0 Å². The number of hydrogen-bond donors (Lipinski definition) is 1. The maximum Gasteiger partial charge on any atom is 0.387 e. The van der Waals surface area contributed by atoms with Crippen molar-refractivity contribution >= 4 is 5.91 Å². The van der Waals surface area contributed by atoms with Gasteiger partial charge in [0.25, 0.3) is 5.91 Å². The minimum absolute atomic E-state index is 0.0206. The van der Waals surface area contributed by atoms with Crippen LogP contribution in [0.3, 0.4) is 0 Å². The molecule has 0 aliphatic carbocycles. The third-order valence-corrected chi connectivity index (χ3v) is 3.95. The van der Waals surface area contributed by atoms with Gasteiger partial charge in [-0.25, -0.2) is 0 Å². The standard InChI is InChI=1S/C20H24F2N2O3/c1-24(14-15-8-4-3-5-9-15)13-7-12-23-19(25)16-10-6-11-17(26-2)18(16)27-20(21)22/h3-6,8-11,20H,7,12-14H2,1-2H3,(H,23,25). The third-order valence-electron chi connectivity index (χ3n) is 3.95. The minimum Gasteiger partial charge on any atom is -0.493 e. The number of para-hydroxylation sites is 1. The average molecular weight is 378 g/mol. The average Bonchev–Trinajstić information content (AvgIpc) is 2.65. The zero-order chi connectivity index (χ0) is 19.6. The maximum absolute atomic E-state index is 12.6. The SMILES string of the molecule is COc1cccc(C(=O)NCCCN(C)Cc2ccccc2)c1OC(F)F. The number of amides is 1. The first kappa shape index (κ1) is 20.6. The fourth-order valence-corrected chi connectivity index (χ4v) is 2.69. The van der Waals surface area contributed by atoms with Gasteiger partial charge >= 0.3 is 6.61 Å². The van der Waals surface area contributed by atoms with Gasteiger partial charge in [-0.3, -0.25) is 4.79 Å². The molecule has 0 atom stereocenters. The third kappa shape index (κ3) is 6.53. The second-order valence-corrected chi connectivity index (χ2v) is 6.05. The molecule has 7 heteroatoms. The summed E-state index contributed by atoms with van der Waals surface area (Å²) in [5, 5.41) is 2.74. The number of hydrogen-bond acceptors (Lipinski definition) is 4. The van der Waals surface area contributed by atoms with E-state index in [1.165, 1.54) is 24.8 Å². The molecule has 1 amide bonds. The van der Waals surface area contributed by atoms with Crippen molar-refractivity contribution in [3.8, 4) is 11.5 Å². The molecule has 1 N–H and O–H groups in total. The first-order valence-corrected chi connectivity index (χ1v) is 8.63. The van der Waals surface area contributed by atoms with E-state index in [1.807, 2.05) is 25.2 Å². The molecule has 0 radical (unpaired) electrons. The Balaban J connectivity index is 1.85. The van der Waals surface area contributed by atoms with E-state index in [0.29, 0.717) is 6.54 Å². The molecule has 2 aromatic rings. The minimum atomic E-state index is -3.04. The van der Waals surface area contributed by atoms with Gasteiger partial charge in [0.05, 0.1) is 12.7 Å². The first-order chi connectivity index (χ1) is 13.0. The monoisotopic (exact) mass is 378 g/mol. The second kappa shape index (κ2) is 10.5. The molecule has 2 aromatic carbocycles. The predicted molar refractivity (Wildman–Crippen MR) is 99.4 cm³/mol. The lowest BCUT2D eigenvalue weighted by atomic mass is 10.1. The Bertz CT molecular complexity index is 726. The molecule has 0 aromatic heterocycles. The number of carbonyl (C=O) groups excluding carboxylic acids is 1. The number of methoxy groups -OCH3 is 1. The van der Waals surface area contributed by atoms with Crippen LogP contribution < -0.4 is 14.8 Å². The number of benzene rings is 2. The predicted octanol–water partition coefficient (Wildman–Crippen LogP) is 3.55. The van der Waals surface area contributed by atoms with Crippen molar-refractivity contribution in [2.24, 2.45) is 0 Å². The zero-order valence-corrected chi connectivity index (χ0v) is 15.5. The molecular weight excluding hydrogens is 354 g/mol. The Kier molecular flexibility index (Phi) is 8.00. The van der Waals surface area contributed by atoms with E-state index >= 15 is 0 Å². The Morgan fingerprint density at radius 1 is 1.15 bits per heavy atom. The summed E-state index contributed by atoms with van der Waals surface area (Å²) < 4.78 is 34.8. The van der Waals surface area contributed by atoms with Crippen molar-refractivity contribution in [1.29, 1.82) is 0 Å². The van der Waals surface area contributed by atoms with Crippen molar-refractivity contribution in [1.82, 2.24) is 10.2 Å². The van der Waals surface area contributed by atoms with E-state index in [4.69, 9.17) is 4.74 Å². The zero-order valence-electron chi connectivity index (χ0n) is 15.5. The summed E-state index contributed by atoms with van der Waals surface area (Å²) in [6.07, 6.45) is 0.726. The van der Waals surface area contributed by atoms with Gasteiger partial charge < -0.3 is 19.7 Å². The molecular formula is C20H24F2N2O3. The molecule has 0 bridgehead atoms. The summed E-state index contributed by atoms with van der Waals surface area (Å²) >= 11 is 0. The van der Waals surface area contributed by atoms with Crippen LogP contribution in [0.2, 0.25) is 0 Å². The highest BCUT2D eigenvalue weighted by atomic mass is 19.3. The summed E-state index contributed by atoms with van der Waals surface area (Å²) in [7, 11) is 3.34. The lowest BCUT2D eigenvalue weighted by molar-refractivity contribution is -0.0515. The van der Waals surface area contributed by atoms with E-state index in [0.717, 1.165) is 19.5 Å². The van der Waals surface area contributed by atoms with Crippen LogP contribution >= 0.6 is 0 Å². The van der Waals surface area contributed by atoms with Gasteiger partial charge in [0.1, 0.15) is 0 Å². The van der Waals surface area contributed by atoms with E-state index in [-0.39, 0.29) is 17.1 Å². The normalized spacial score (nSPS) is 10.9. The smallest absolute Gasteiger partial charge is 0.387 e. The lowest BCUT2D eigenvalue weighted by Crippen LogP contribution is -2.28. The number of rotatable bonds is 10. The molecule has 5 nitrogen and oxygen atoms in total. The van der Waals surface area contributed by atoms with Crippen molar-refractivity contribution in [2.75, 3.05) is 27.2 Å². The van der Waals surface area contributed by atoms with E-state index < -0.39 is 12.5 Å². The van der Waals surface area contributed by atoms with Crippen LogP contribution in [-0.4, -0.2) is 44.7 Å². The van der Waals surface area contributed by atoms with E-state index in [1.54, 1.807) is 6.07 Å². The largest absolute Gasteiger partial charge is 0.493 e. The molecule has 0 heterocycles. The fraction of sp³-hybridized carbons (Fsp3) is 0.350. The van der Waals surface area contributed by atoms with Gasteiger partial charge in [-0.15, -0.1) is 0 Å². The summed E-state index contributed by atoms with van der Waals surface area (Å²) in [5.41, 5.74) is 1.24. The first-order valence-electron chi connectivity index (χ1n) is 8.63. The highest BCUT2D eigenvalue weighted by Gasteiger charge is 2.20. The van der Waals surface area contributed by atoms with E-state index in [2.05, 4.69) is 27.1 Å². The van der Waals surface area contributed by atoms with Gasteiger partial charge in [-0.1, -0.05) is 36.4 Å². The topological polar surface area (TPSA) is 50.8 Å². The quantitative estimate of drug-likeness (QED) is 0.643. The summed E-state index contributed by atoms with van der Waals surface area (Å²) in [4.78, 5) is 14.5. The summed E-state index contributed by atoms with van der Waals surface area (Å²) in [6, 6.07) is 14.5. The molecule has 2 rings (SSSR count). The highest BCUT2D eigenvalue weighted by Crippen LogP contribution is 2.32. The van der Waals surface area contributed by atoms with Crippen LogP contribution in [0.15, 0.2) is 48.5 Å². The Hall–Kier alpha value is -2.67. The molecule has 0 unspecified atom stereocenters.